The molecule has 1 aliphatic carbocycles. The fourth-order valence-electron chi connectivity index (χ4n) is 1.61. The number of carbonyl (C=O) groups excluding carboxylic acids is 1. The molecule has 0 atom stereocenters. The van der Waals surface area contributed by atoms with Crippen molar-refractivity contribution >= 4 is 5.78 Å². The first-order valence-electron chi connectivity index (χ1n) is 4.71. The number of allylic oxidation sites excluding steroid dienone is 1. The van der Waals surface area contributed by atoms with Gasteiger partial charge in [-0.1, -0.05) is 0 Å². The standard InChI is InChI=1S/C10H16O4/c1-13-10(14-2)9(12)7-5-3-4-6-8(7)11/h10,12H,3-6H2,1-2H3. The molecule has 1 fully saturated rings. The molecule has 0 radical (unpaired) electrons. The molecule has 80 valence electrons. The zero-order valence-corrected chi connectivity index (χ0v) is 8.58. The van der Waals surface area contributed by atoms with Crippen LogP contribution in [0, 0.1) is 0 Å². The van der Waals surface area contributed by atoms with Crippen LogP contribution in [-0.4, -0.2) is 31.4 Å². The average Bonchev–Trinajstić information content (AvgIpc) is 2.20. The van der Waals surface area contributed by atoms with Crippen molar-refractivity contribution in [2.75, 3.05) is 14.2 Å². The SMILES string of the molecule is COC(OC)C(O)=C1CCCCC1=O. The molecule has 0 aromatic heterocycles. The van der Waals surface area contributed by atoms with Gasteiger partial charge in [0.15, 0.2) is 11.5 Å². The van der Waals surface area contributed by atoms with Gasteiger partial charge in [-0.25, -0.2) is 0 Å². The minimum absolute atomic E-state index is 0.00727. The Morgan fingerprint density at radius 3 is 2.36 bits per heavy atom. The summed E-state index contributed by atoms with van der Waals surface area (Å²) in [5.74, 6) is -0.0625. The van der Waals surface area contributed by atoms with Crippen LogP contribution < -0.4 is 0 Å². The van der Waals surface area contributed by atoms with Crippen molar-refractivity contribution < 1.29 is 19.4 Å². The molecule has 0 amide bonds. The predicted octanol–water partition coefficient (Wildman–Crippen LogP) is 1.56. The van der Waals surface area contributed by atoms with Crippen molar-refractivity contribution in [2.24, 2.45) is 0 Å². The Labute approximate surface area is 83.5 Å². The summed E-state index contributed by atoms with van der Waals surface area (Å²) in [4.78, 5) is 11.4. The molecular weight excluding hydrogens is 184 g/mol. The van der Waals surface area contributed by atoms with Crippen LogP contribution in [0.4, 0.5) is 0 Å². The Bertz CT molecular complexity index is 241. The second kappa shape index (κ2) is 5.12. The van der Waals surface area contributed by atoms with E-state index in [1.54, 1.807) is 0 Å². The lowest BCUT2D eigenvalue weighted by atomic mass is 9.92. The van der Waals surface area contributed by atoms with E-state index in [1.807, 2.05) is 0 Å². The molecule has 0 saturated heterocycles. The molecule has 1 saturated carbocycles. The quantitative estimate of drug-likeness (QED) is 0.426. The lowest BCUT2D eigenvalue weighted by molar-refractivity contribution is -0.119. The van der Waals surface area contributed by atoms with Crippen molar-refractivity contribution in [3.8, 4) is 0 Å². The minimum atomic E-state index is -0.813. The maximum absolute atomic E-state index is 11.4. The number of carbonyl (C=O) groups is 1. The maximum Gasteiger partial charge on any atom is 0.216 e. The van der Waals surface area contributed by atoms with Crippen molar-refractivity contribution in [3.63, 3.8) is 0 Å². The van der Waals surface area contributed by atoms with Gasteiger partial charge in [0.2, 0.25) is 6.29 Å². The van der Waals surface area contributed by atoms with Gasteiger partial charge in [-0.05, 0) is 19.3 Å². The van der Waals surface area contributed by atoms with Gasteiger partial charge in [0.25, 0.3) is 0 Å². The van der Waals surface area contributed by atoms with E-state index < -0.39 is 6.29 Å². The number of hydrogen-bond acceptors (Lipinski definition) is 4. The largest absolute Gasteiger partial charge is 0.507 e. The summed E-state index contributed by atoms with van der Waals surface area (Å²) in [6, 6.07) is 0. The number of hydrogen-bond donors (Lipinski definition) is 1. The van der Waals surface area contributed by atoms with Crippen LogP contribution in [0.2, 0.25) is 0 Å². The van der Waals surface area contributed by atoms with E-state index >= 15 is 0 Å². The third-order valence-corrected chi connectivity index (χ3v) is 2.38. The highest BCUT2D eigenvalue weighted by Crippen LogP contribution is 2.24. The molecule has 0 spiro atoms. The van der Waals surface area contributed by atoms with Crippen molar-refractivity contribution in [2.45, 2.75) is 32.0 Å². The second-order valence-corrected chi connectivity index (χ2v) is 3.30. The Morgan fingerprint density at radius 2 is 1.86 bits per heavy atom. The third kappa shape index (κ3) is 2.33. The molecule has 1 N–H and O–H groups in total. The van der Waals surface area contributed by atoms with E-state index in [0.29, 0.717) is 18.4 Å². The van der Waals surface area contributed by atoms with Crippen LogP contribution in [0.3, 0.4) is 0 Å². The van der Waals surface area contributed by atoms with Crippen LogP contribution in [0.15, 0.2) is 11.3 Å². The van der Waals surface area contributed by atoms with Gasteiger partial charge in [-0.2, -0.15) is 0 Å². The molecular formula is C10H16O4. The van der Waals surface area contributed by atoms with Gasteiger partial charge >= 0.3 is 0 Å². The monoisotopic (exact) mass is 200 g/mol. The Balaban J connectivity index is 2.83. The average molecular weight is 200 g/mol. The van der Waals surface area contributed by atoms with E-state index in [1.165, 1.54) is 14.2 Å². The topological polar surface area (TPSA) is 55.8 Å². The van der Waals surface area contributed by atoms with Crippen LogP contribution in [0.25, 0.3) is 0 Å². The third-order valence-electron chi connectivity index (χ3n) is 2.38. The molecule has 4 heteroatoms. The molecule has 0 aliphatic heterocycles. The van der Waals surface area contributed by atoms with Crippen LogP contribution in [-0.2, 0) is 14.3 Å². The molecule has 14 heavy (non-hydrogen) atoms. The maximum atomic E-state index is 11.4. The van der Waals surface area contributed by atoms with Gasteiger partial charge in [0, 0.05) is 26.2 Å². The van der Waals surface area contributed by atoms with E-state index in [-0.39, 0.29) is 11.5 Å². The van der Waals surface area contributed by atoms with E-state index in [9.17, 15) is 9.90 Å². The fourth-order valence-corrected chi connectivity index (χ4v) is 1.61. The normalized spacial score (nSPS) is 21.5. The van der Waals surface area contributed by atoms with Gasteiger partial charge in [-0.15, -0.1) is 0 Å². The lowest BCUT2D eigenvalue weighted by Gasteiger charge is -2.19. The number of methoxy groups -OCH3 is 2. The number of aliphatic hydroxyl groups is 1. The summed E-state index contributed by atoms with van der Waals surface area (Å²) < 4.78 is 9.76. The highest BCUT2D eigenvalue weighted by Gasteiger charge is 2.23. The van der Waals surface area contributed by atoms with Gasteiger partial charge in [0.05, 0.1) is 0 Å². The molecule has 0 aromatic rings. The highest BCUT2D eigenvalue weighted by molar-refractivity contribution is 5.96. The van der Waals surface area contributed by atoms with Crippen molar-refractivity contribution in [1.82, 2.24) is 0 Å². The first-order valence-corrected chi connectivity index (χ1v) is 4.71. The summed E-state index contributed by atoms with van der Waals surface area (Å²) in [6.07, 6.45) is 2.16. The van der Waals surface area contributed by atoms with Crippen LogP contribution in [0.1, 0.15) is 25.7 Å². The molecule has 1 aliphatic rings. The highest BCUT2D eigenvalue weighted by atomic mass is 16.7. The molecule has 0 heterocycles. The first kappa shape index (κ1) is 11.2. The molecule has 4 nitrogen and oxygen atoms in total. The second-order valence-electron chi connectivity index (χ2n) is 3.30. The Morgan fingerprint density at radius 1 is 1.29 bits per heavy atom. The van der Waals surface area contributed by atoms with Gasteiger partial charge in [-0.3, -0.25) is 4.79 Å². The van der Waals surface area contributed by atoms with Crippen molar-refractivity contribution in [1.29, 1.82) is 0 Å². The summed E-state index contributed by atoms with van der Waals surface area (Å²) in [5.41, 5.74) is 0.463. The summed E-state index contributed by atoms with van der Waals surface area (Å²) in [6.45, 7) is 0. The predicted molar refractivity (Wildman–Crippen MR) is 50.9 cm³/mol. The first-order chi connectivity index (χ1) is 6.70. The van der Waals surface area contributed by atoms with E-state index in [4.69, 9.17) is 9.47 Å². The smallest absolute Gasteiger partial charge is 0.216 e. The van der Waals surface area contributed by atoms with Gasteiger partial charge in [0.1, 0.15) is 0 Å². The zero-order chi connectivity index (χ0) is 10.6. The fraction of sp³-hybridized carbons (Fsp3) is 0.700. The van der Waals surface area contributed by atoms with E-state index in [0.717, 1.165) is 12.8 Å². The lowest BCUT2D eigenvalue weighted by Crippen LogP contribution is -2.21. The Hall–Kier alpha value is -0.870. The Kier molecular flexibility index (Phi) is 4.10. The van der Waals surface area contributed by atoms with Crippen LogP contribution in [0.5, 0.6) is 0 Å². The van der Waals surface area contributed by atoms with Crippen LogP contribution >= 0.6 is 0 Å². The molecule has 1 rings (SSSR count). The van der Waals surface area contributed by atoms with Crippen molar-refractivity contribution in [3.05, 3.63) is 11.3 Å². The molecule has 0 bridgehead atoms. The number of Topliss-reactive ketones (excluding diaryl/α,β-unsaturated/α-hetero) is 1. The number of ketones is 1. The summed E-state index contributed by atoms with van der Waals surface area (Å²) >= 11 is 0. The summed E-state index contributed by atoms with van der Waals surface area (Å²) in [7, 11) is 2.86. The zero-order valence-electron chi connectivity index (χ0n) is 8.58. The number of ether oxygens (including phenoxy) is 2. The minimum Gasteiger partial charge on any atom is -0.507 e. The molecule has 0 unspecified atom stereocenters. The summed E-state index contributed by atoms with van der Waals surface area (Å²) in [5, 5.41) is 9.71. The van der Waals surface area contributed by atoms with Gasteiger partial charge < -0.3 is 14.6 Å². The number of aliphatic hydroxyl groups excluding tert-OH is 1. The number of rotatable bonds is 3. The van der Waals surface area contributed by atoms with E-state index in [2.05, 4.69) is 0 Å². The molecule has 0 aromatic carbocycles.